The smallest absolute Gasteiger partial charge is 0.229 e. The highest BCUT2D eigenvalue weighted by Crippen LogP contribution is 2.39. The van der Waals surface area contributed by atoms with Gasteiger partial charge >= 0.3 is 0 Å². The molecule has 24 heavy (non-hydrogen) atoms. The van der Waals surface area contributed by atoms with Crippen LogP contribution in [-0.2, 0) is 11.3 Å². The molecule has 0 bridgehead atoms. The molecule has 1 fully saturated rings. The van der Waals surface area contributed by atoms with Crippen molar-refractivity contribution in [3.05, 3.63) is 71.8 Å². The van der Waals surface area contributed by atoms with E-state index in [1.54, 1.807) is 6.92 Å². The zero-order chi connectivity index (χ0) is 17.2. The molecule has 3 rings (SSSR count). The number of likely N-dealkylation sites (tertiary alicyclic amines) is 1. The number of rotatable bonds is 4. The monoisotopic (exact) mass is 323 g/mol. The van der Waals surface area contributed by atoms with Gasteiger partial charge in [-0.05, 0) is 30.4 Å². The van der Waals surface area contributed by atoms with Crippen LogP contribution in [0.15, 0.2) is 60.7 Å². The molecule has 0 radical (unpaired) electrons. The molecule has 0 spiro atoms. The molecule has 1 heterocycles. The van der Waals surface area contributed by atoms with E-state index in [2.05, 4.69) is 0 Å². The van der Waals surface area contributed by atoms with Crippen molar-refractivity contribution in [1.29, 1.82) is 0 Å². The number of benzene rings is 2. The molecule has 0 unspecified atom stereocenters. The Bertz CT molecular complexity index is 681. The summed E-state index contributed by atoms with van der Waals surface area (Å²) >= 11 is 0. The molecule has 3 heteroatoms. The van der Waals surface area contributed by atoms with E-state index in [-0.39, 0.29) is 11.8 Å². The fraction of sp³-hybridized carbons (Fsp3) is 0.381. The van der Waals surface area contributed by atoms with Crippen LogP contribution in [0.4, 0.5) is 0 Å². The third kappa shape index (κ3) is 3.36. The number of piperidine rings is 1. The van der Waals surface area contributed by atoms with Crippen LogP contribution in [0.2, 0.25) is 0 Å². The van der Waals surface area contributed by atoms with Gasteiger partial charge in [0.2, 0.25) is 5.91 Å². The van der Waals surface area contributed by atoms with Gasteiger partial charge in [0.15, 0.2) is 0 Å². The van der Waals surface area contributed by atoms with Gasteiger partial charge in [0, 0.05) is 13.1 Å². The Morgan fingerprint density at radius 1 is 1.12 bits per heavy atom. The van der Waals surface area contributed by atoms with Crippen LogP contribution >= 0.6 is 0 Å². The quantitative estimate of drug-likeness (QED) is 0.934. The Morgan fingerprint density at radius 3 is 2.33 bits per heavy atom. The predicted octanol–water partition coefficient (Wildman–Crippen LogP) is 3.59. The first-order valence-corrected chi connectivity index (χ1v) is 8.59. The molecule has 3 atom stereocenters. The average molecular weight is 323 g/mol. The maximum Gasteiger partial charge on any atom is 0.229 e. The van der Waals surface area contributed by atoms with Crippen LogP contribution in [0.5, 0.6) is 0 Å². The summed E-state index contributed by atoms with van der Waals surface area (Å²) in [6, 6.07) is 20.0. The molecule has 126 valence electrons. The number of carbonyl (C=O) groups is 1. The van der Waals surface area contributed by atoms with E-state index >= 15 is 0 Å². The first kappa shape index (κ1) is 16.7. The second-order valence-electron chi connectivity index (χ2n) is 7.03. The maximum absolute atomic E-state index is 13.1. The van der Waals surface area contributed by atoms with Crippen molar-refractivity contribution >= 4 is 5.91 Å². The van der Waals surface area contributed by atoms with Gasteiger partial charge in [-0.1, -0.05) is 67.6 Å². The van der Waals surface area contributed by atoms with E-state index in [4.69, 9.17) is 0 Å². The van der Waals surface area contributed by atoms with Crippen molar-refractivity contribution in [3.63, 3.8) is 0 Å². The van der Waals surface area contributed by atoms with Gasteiger partial charge in [-0.2, -0.15) is 0 Å². The lowest BCUT2D eigenvalue weighted by molar-refractivity contribution is -0.156. The van der Waals surface area contributed by atoms with Crippen molar-refractivity contribution in [2.24, 2.45) is 5.92 Å². The van der Waals surface area contributed by atoms with Crippen LogP contribution in [0.1, 0.15) is 37.3 Å². The summed E-state index contributed by atoms with van der Waals surface area (Å²) in [6.45, 7) is 5.04. The van der Waals surface area contributed by atoms with Gasteiger partial charge in [-0.15, -0.1) is 0 Å². The molecule has 2 aromatic rings. The summed E-state index contributed by atoms with van der Waals surface area (Å²) in [5, 5.41) is 10.9. The Morgan fingerprint density at radius 2 is 1.71 bits per heavy atom. The largest absolute Gasteiger partial charge is 0.389 e. The first-order chi connectivity index (χ1) is 11.5. The molecular formula is C21H25NO2. The minimum absolute atomic E-state index is 0.0210. The van der Waals surface area contributed by atoms with E-state index < -0.39 is 11.5 Å². The van der Waals surface area contributed by atoms with Crippen molar-refractivity contribution in [2.75, 3.05) is 6.54 Å². The minimum Gasteiger partial charge on any atom is -0.389 e. The fourth-order valence-electron chi connectivity index (χ4n) is 3.75. The Balaban J connectivity index is 1.84. The maximum atomic E-state index is 13.1. The van der Waals surface area contributed by atoms with Gasteiger partial charge in [0.05, 0.1) is 11.5 Å². The van der Waals surface area contributed by atoms with Crippen LogP contribution in [0.3, 0.4) is 0 Å². The highest BCUT2D eigenvalue weighted by atomic mass is 16.3. The van der Waals surface area contributed by atoms with Crippen LogP contribution < -0.4 is 0 Å². The molecule has 1 aliphatic heterocycles. The predicted molar refractivity (Wildman–Crippen MR) is 95.4 cm³/mol. The molecule has 0 saturated carbocycles. The Hall–Kier alpha value is -2.13. The van der Waals surface area contributed by atoms with Crippen molar-refractivity contribution < 1.29 is 9.90 Å². The number of amides is 1. The summed E-state index contributed by atoms with van der Waals surface area (Å²) in [4.78, 5) is 15.0. The minimum atomic E-state index is -0.973. The molecule has 1 N–H and O–H groups in total. The summed E-state index contributed by atoms with van der Waals surface area (Å²) in [5.41, 5.74) is 1.25. The zero-order valence-electron chi connectivity index (χ0n) is 14.4. The van der Waals surface area contributed by atoms with Crippen molar-refractivity contribution in [2.45, 2.75) is 38.3 Å². The highest BCUT2D eigenvalue weighted by molar-refractivity contribution is 5.82. The number of carbonyl (C=O) groups excluding carboxylic acids is 1. The summed E-state index contributed by atoms with van der Waals surface area (Å²) < 4.78 is 0. The van der Waals surface area contributed by atoms with E-state index in [9.17, 15) is 9.90 Å². The summed E-state index contributed by atoms with van der Waals surface area (Å²) in [5.74, 6) is -0.393. The van der Waals surface area contributed by atoms with Gasteiger partial charge in [-0.3, -0.25) is 4.79 Å². The lowest BCUT2D eigenvalue weighted by Crippen LogP contribution is -2.55. The average Bonchev–Trinajstić information content (AvgIpc) is 2.59. The molecule has 2 aromatic carbocycles. The van der Waals surface area contributed by atoms with Crippen molar-refractivity contribution in [3.8, 4) is 0 Å². The number of nitrogens with zero attached hydrogens (tertiary/aromatic N) is 1. The van der Waals surface area contributed by atoms with E-state index in [1.165, 1.54) is 0 Å². The molecule has 1 aliphatic rings. The van der Waals surface area contributed by atoms with Gasteiger partial charge in [0.25, 0.3) is 0 Å². The molecule has 0 aliphatic carbocycles. The standard InChI is InChI=1S/C21H25NO2/c1-16(18-11-7-4-8-12-18)19-20(23)22(14-13-21(19,2)24)15-17-9-5-3-6-10-17/h3-12,16,19,24H,13-15H2,1-2H3/t16-,19-,21+/m0/s1. The van der Waals surface area contributed by atoms with Gasteiger partial charge < -0.3 is 10.0 Å². The normalized spacial score (nSPS) is 25.5. The lowest BCUT2D eigenvalue weighted by Gasteiger charge is -2.44. The number of aliphatic hydroxyl groups is 1. The van der Waals surface area contributed by atoms with E-state index in [0.29, 0.717) is 19.5 Å². The first-order valence-electron chi connectivity index (χ1n) is 8.59. The second kappa shape index (κ2) is 6.78. The summed E-state index contributed by atoms with van der Waals surface area (Å²) in [7, 11) is 0. The third-order valence-corrected chi connectivity index (χ3v) is 5.18. The SMILES string of the molecule is C[C@@H](c1ccccc1)[C@H]1C(=O)N(Cc2ccccc2)CC[C@@]1(C)O. The second-order valence-corrected chi connectivity index (χ2v) is 7.03. The molecular weight excluding hydrogens is 298 g/mol. The fourth-order valence-corrected chi connectivity index (χ4v) is 3.75. The number of hydrogen-bond acceptors (Lipinski definition) is 2. The van der Waals surface area contributed by atoms with Gasteiger partial charge in [0.1, 0.15) is 0 Å². The van der Waals surface area contributed by atoms with Crippen molar-refractivity contribution in [1.82, 2.24) is 4.90 Å². The topological polar surface area (TPSA) is 40.5 Å². The Labute approximate surface area is 143 Å². The zero-order valence-corrected chi connectivity index (χ0v) is 14.4. The van der Waals surface area contributed by atoms with E-state index in [1.807, 2.05) is 72.5 Å². The Kier molecular flexibility index (Phi) is 4.72. The number of hydrogen-bond donors (Lipinski definition) is 1. The van der Waals surface area contributed by atoms with Gasteiger partial charge in [-0.25, -0.2) is 0 Å². The summed E-state index contributed by atoms with van der Waals surface area (Å²) in [6.07, 6.45) is 0.605. The molecule has 1 amide bonds. The lowest BCUT2D eigenvalue weighted by atomic mass is 9.72. The highest BCUT2D eigenvalue weighted by Gasteiger charge is 2.46. The van der Waals surface area contributed by atoms with Crippen LogP contribution in [0.25, 0.3) is 0 Å². The van der Waals surface area contributed by atoms with Crippen LogP contribution in [0, 0.1) is 5.92 Å². The van der Waals surface area contributed by atoms with E-state index in [0.717, 1.165) is 11.1 Å². The molecule has 0 aromatic heterocycles. The van der Waals surface area contributed by atoms with Crippen LogP contribution in [-0.4, -0.2) is 28.1 Å². The molecule has 3 nitrogen and oxygen atoms in total. The molecule has 1 saturated heterocycles. The third-order valence-electron chi connectivity index (χ3n) is 5.18.